The van der Waals surface area contributed by atoms with E-state index in [-0.39, 0.29) is 5.91 Å². The number of carbonyl (C=O) groups excluding carboxylic acids is 1. The van der Waals surface area contributed by atoms with Gasteiger partial charge in [0.15, 0.2) is 0 Å². The van der Waals surface area contributed by atoms with E-state index in [0.717, 1.165) is 43.0 Å². The van der Waals surface area contributed by atoms with Crippen LogP contribution >= 0.6 is 11.3 Å². The van der Waals surface area contributed by atoms with Gasteiger partial charge in [0, 0.05) is 29.0 Å². The fraction of sp³-hybridized carbons (Fsp3) is 0.421. The molecule has 3 rings (SSSR count). The molecule has 2 aromatic rings. The van der Waals surface area contributed by atoms with Crippen molar-refractivity contribution in [3.8, 4) is 0 Å². The quantitative estimate of drug-likeness (QED) is 0.784. The Morgan fingerprint density at radius 2 is 2.09 bits per heavy atom. The van der Waals surface area contributed by atoms with Gasteiger partial charge in [-0.3, -0.25) is 4.79 Å². The second-order valence-corrected chi connectivity index (χ2v) is 7.27. The number of para-hydroxylation sites is 1. The lowest BCUT2D eigenvalue weighted by molar-refractivity contribution is 0.0952. The first-order chi connectivity index (χ1) is 11.2. The first kappa shape index (κ1) is 16.1. The Kier molecular flexibility index (Phi) is 5.34. The Morgan fingerprint density at radius 3 is 2.91 bits per heavy atom. The van der Waals surface area contributed by atoms with Crippen molar-refractivity contribution in [2.45, 2.75) is 32.6 Å². The smallest absolute Gasteiger partial charge is 0.252 e. The molecule has 0 spiro atoms. The molecule has 1 unspecified atom stereocenters. The molecule has 1 aliphatic carbocycles. The van der Waals surface area contributed by atoms with Gasteiger partial charge in [-0.15, -0.1) is 11.3 Å². The average Bonchev–Trinajstić information content (AvgIpc) is 2.98. The van der Waals surface area contributed by atoms with E-state index in [9.17, 15) is 4.79 Å². The normalized spacial score (nSPS) is 16.7. The van der Waals surface area contributed by atoms with E-state index in [4.69, 9.17) is 0 Å². The van der Waals surface area contributed by atoms with Crippen LogP contribution in [0.15, 0.2) is 35.7 Å². The minimum absolute atomic E-state index is 0.0942. The summed E-state index contributed by atoms with van der Waals surface area (Å²) >= 11 is 1.75. The number of thiophene rings is 1. The third-order valence-electron chi connectivity index (χ3n) is 4.39. The van der Waals surface area contributed by atoms with Gasteiger partial charge in [0.2, 0.25) is 0 Å². The maximum Gasteiger partial charge on any atom is 0.252 e. The number of anilines is 1. The zero-order valence-corrected chi connectivity index (χ0v) is 14.4. The number of fused-ring (bicyclic) bond motifs is 1. The number of amides is 1. The van der Waals surface area contributed by atoms with Gasteiger partial charge in [-0.25, -0.2) is 0 Å². The number of nitrogens with one attached hydrogen (secondary N) is 2. The molecule has 1 atom stereocenters. The summed E-state index contributed by atoms with van der Waals surface area (Å²) in [7, 11) is 0. The van der Waals surface area contributed by atoms with Crippen LogP contribution in [0, 0.1) is 5.92 Å². The fourth-order valence-corrected chi connectivity index (χ4v) is 4.29. The topological polar surface area (TPSA) is 41.1 Å². The Balaban J connectivity index is 1.43. The molecule has 0 bridgehead atoms. The van der Waals surface area contributed by atoms with Gasteiger partial charge in [0.25, 0.3) is 5.91 Å². The molecular weight excluding hydrogens is 304 g/mol. The predicted octanol–water partition coefficient (Wildman–Crippen LogP) is 4.10. The number of benzene rings is 1. The molecule has 0 saturated carbocycles. The first-order valence-electron chi connectivity index (χ1n) is 8.40. The van der Waals surface area contributed by atoms with Crippen LogP contribution < -0.4 is 10.6 Å². The average molecular weight is 328 g/mol. The standard InChI is InChI=1S/C19H24N2OS/c1-14-8-9-16-17(13-23-18(16)12-14)19(22)21-11-5-10-20-15-6-3-2-4-7-15/h2-4,6-7,13-14,20H,5,8-12H2,1H3,(H,21,22). The molecule has 0 radical (unpaired) electrons. The third kappa shape index (κ3) is 4.14. The van der Waals surface area contributed by atoms with Gasteiger partial charge in [0.1, 0.15) is 0 Å². The summed E-state index contributed by atoms with van der Waals surface area (Å²) in [6.07, 6.45) is 4.31. The highest BCUT2D eigenvalue weighted by Gasteiger charge is 2.22. The molecule has 0 aliphatic heterocycles. The Hall–Kier alpha value is -1.81. The highest BCUT2D eigenvalue weighted by atomic mass is 32.1. The lowest BCUT2D eigenvalue weighted by Gasteiger charge is -2.18. The zero-order valence-electron chi connectivity index (χ0n) is 13.6. The van der Waals surface area contributed by atoms with Crippen LogP contribution in [0.25, 0.3) is 0 Å². The van der Waals surface area contributed by atoms with Gasteiger partial charge < -0.3 is 10.6 Å². The number of carbonyl (C=O) groups is 1. The zero-order chi connectivity index (χ0) is 16.1. The maximum absolute atomic E-state index is 12.4. The second-order valence-electron chi connectivity index (χ2n) is 6.30. The Morgan fingerprint density at radius 1 is 1.26 bits per heavy atom. The maximum atomic E-state index is 12.4. The lowest BCUT2D eigenvalue weighted by Crippen LogP contribution is -2.27. The second kappa shape index (κ2) is 7.64. The fourth-order valence-electron chi connectivity index (χ4n) is 3.04. The predicted molar refractivity (Wildman–Crippen MR) is 97.4 cm³/mol. The minimum Gasteiger partial charge on any atom is -0.385 e. The molecule has 3 nitrogen and oxygen atoms in total. The van der Waals surface area contributed by atoms with Gasteiger partial charge in [-0.1, -0.05) is 25.1 Å². The summed E-state index contributed by atoms with van der Waals surface area (Å²) in [6.45, 7) is 3.87. The molecule has 2 N–H and O–H groups in total. The first-order valence-corrected chi connectivity index (χ1v) is 9.28. The van der Waals surface area contributed by atoms with Crippen LogP contribution in [-0.2, 0) is 12.8 Å². The molecule has 0 saturated heterocycles. The summed E-state index contributed by atoms with van der Waals surface area (Å²) in [4.78, 5) is 13.8. The summed E-state index contributed by atoms with van der Waals surface area (Å²) < 4.78 is 0. The van der Waals surface area contributed by atoms with Crippen LogP contribution in [0.5, 0.6) is 0 Å². The van der Waals surface area contributed by atoms with Crippen molar-refractivity contribution in [3.63, 3.8) is 0 Å². The van der Waals surface area contributed by atoms with Crippen molar-refractivity contribution >= 4 is 22.9 Å². The molecule has 1 aromatic carbocycles. The highest BCUT2D eigenvalue weighted by molar-refractivity contribution is 7.10. The lowest BCUT2D eigenvalue weighted by atomic mass is 9.88. The molecule has 23 heavy (non-hydrogen) atoms. The molecule has 4 heteroatoms. The van der Waals surface area contributed by atoms with E-state index in [1.54, 1.807) is 11.3 Å². The Bertz CT molecular complexity index is 651. The molecule has 1 aliphatic rings. The SMILES string of the molecule is CC1CCc2c(C(=O)NCCCNc3ccccc3)csc2C1. The van der Waals surface area contributed by atoms with Gasteiger partial charge >= 0.3 is 0 Å². The summed E-state index contributed by atoms with van der Waals surface area (Å²) in [5, 5.41) is 8.46. The van der Waals surface area contributed by atoms with E-state index < -0.39 is 0 Å². The van der Waals surface area contributed by atoms with Gasteiger partial charge in [-0.05, 0) is 49.3 Å². The van der Waals surface area contributed by atoms with Gasteiger partial charge in [-0.2, -0.15) is 0 Å². The van der Waals surface area contributed by atoms with Crippen LogP contribution in [-0.4, -0.2) is 19.0 Å². The van der Waals surface area contributed by atoms with Crippen LogP contribution in [0.3, 0.4) is 0 Å². The van der Waals surface area contributed by atoms with E-state index in [1.165, 1.54) is 16.9 Å². The van der Waals surface area contributed by atoms with Gasteiger partial charge in [0.05, 0.1) is 5.56 Å². The highest BCUT2D eigenvalue weighted by Crippen LogP contribution is 2.32. The van der Waals surface area contributed by atoms with E-state index in [2.05, 4.69) is 29.7 Å². The van der Waals surface area contributed by atoms with Crippen molar-refractivity contribution < 1.29 is 4.79 Å². The monoisotopic (exact) mass is 328 g/mol. The number of rotatable bonds is 6. The molecule has 1 aromatic heterocycles. The Labute approximate surface area is 142 Å². The summed E-state index contributed by atoms with van der Waals surface area (Å²) in [6, 6.07) is 10.2. The molecular formula is C19H24N2OS. The van der Waals surface area contributed by atoms with Crippen LogP contribution in [0.1, 0.15) is 40.6 Å². The molecule has 1 amide bonds. The number of hydrogen-bond acceptors (Lipinski definition) is 3. The van der Waals surface area contributed by atoms with Crippen molar-refractivity contribution in [2.75, 3.05) is 18.4 Å². The van der Waals surface area contributed by atoms with Crippen LogP contribution in [0.4, 0.5) is 5.69 Å². The molecule has 1 heterocycles. The van der Waals surface area contributed by atoms with Crippen molar-refractivity contribution in [1.29, 1.82) is 0 Å². The van der Waals surface area contributed by atoms with Crippen molar-refractivity contribution in [1.82, 2.24) is 5.32 Å². The summed E-state index contributed by atoms with van der Waals surface area (Å²) in [5.74, 6) is 0.845. The van der Waals surface area contributed by atoms with E-state index in [1.807, 2.05) is 23.6 Å². The van der Waals surface area contributed by atoms with E-state index in [0.29, 0.717) is 6.54 Å². The van der Waals surface area contributed by atoms with Crippen molar-refractivity contribution in [2.24, 2.45) is 5.92 Å². The minimum atomic E-state index is 0.0942. The van der Waals surface area contributed by atoms with Crippen molar-refractivity contribution in [3.05, 3.63) is 51.7 Å². The largest absolute Gasteiger partial charge is 0.385 e. The molecule has 0 fully saturated rings. The molecule has 122 valence electrons. The third-order valence-corrected chi connectivity index (χ3v) is 5.44. The van der Waals surface area contributed by atoms with Crippen LogP contribution in [0.2, 0.25) is 0 Å². The number of hydrogen-bond donors (Lipinski definition) is 2. The van der Waals surface area contributed by atoms with E-state index >= 15 is 0 Å². The summed E-state index contributed by atoms with van der Waals surface area (Å²) in [5.41, 5.74) is 3.33.